The van der Waals surface area contributed by atoms with Crippen LogP contribution >= 0.6 is 0 Å². The van der Waals surface area contributed by atoms with Gasteiger partial charge in [-0.25, -0.2) is 0 Å². The van der Waals surface area contributed by atoms with E-state index in [1.54, 1.807) is 4.68 Å². The molecule has 1 amide bonds. The first-order valence-electron chi connectivity index (χ1n) is 10.2. The van der Waals surface area contributed by atoms with Crippen molar-refractivity contribution in [1.29, 1.82) is 0 Å². The molecule has 1 aliphatic rings. The Morgan fingerprint density at radius 3 is 2.34 bits per heavy atom. The van der Waals surface area contributed by atoms with E-state index in [0.29, 0.717) is 25.2 Å². The van der Waals surface area contributed by atoms with E-state index in [-0.39, 0.29) is 17.9 Å². The van der Waals surface area contributed by atoms with Gasteiger partial charge in [0.05, 0.1) is 11.8 Å². The van der Waals surface area contributed by atoms with E-state index in [1.807, 2.05) is 66.5 Å². The fourth-order valence-corrected chi connectivity index (χ4v) is 4.09. The van der Waals surface area contributed by atoms with Gasteiger partial charge in [0.15, 0.2) is 0 Å². The van der Waals surface area contributed by atoms with E-state index >= 15 is 0 Å². The summed E-state index contributed by atoms with van der Waals surface area (Å²) in [6.07, 6.45) is 1.95. The molecule has 0 aliphatic carbocycles. The molecule has 3 aromatic rings. The van der Waals surface area contributed by atoms with Crippen LogP contribution in [0.25, 0.3) is 11.3 Å². The summed E-state index contributed by atoms with van der Waals surface area (Å²) in [4.78, 5) is 14.9. The molecule has 5 heteroatoms. The smallest absolute Gasteiger partial charge is 0.272 e. The Balaban J connectivity index is 1.37. The fraction of sp³-hybridized carbons (Fsp3) is 0.333. The Kier molecular flexibility index (Phi) is 5.76. The standard InChI is InChI=1S/C24H27N3O2/c1-26-22(17-21(25-26)19-10-6-3-7-11-19)24(29)27-14-12-20(13-15-27)23(28)16-18-8-4-2-5-9-18/h2-11,17,20,23,28H,12-16H2,1H3/t23-/m0/s1. The van der Waals surface area contributed by atoms with Gasteiger partial charge in [-0.05, 0) is 36.8 Å². The van der Waals surface area contributed by atoms with Crippen molar-refractivity contribution in [3.63, 3.8) is 0 Å². The van der Waals surface area contributed by atoms with Crippen molar-refractivity contribution in [3.8, 4) is 11.3 Å². The van der Waals surface area contributed by atoms with Crippen molar-refractivity contribution in [2.75, 3.05) is 13.1 Å². The van der Waals surface area contributed by atoms with Gasteiger partial charge in [-0.3, -0.25) is 9.48 Å². The number of aromatic nitrogens is 2. The quantitative estimate of drug-likeness (QED) is 0.726. The maximum absolute atomic E-state index is 13.0. The lowest BCUT2D eigenvalue weighted by molar-refractivity contribution is 0.0460. The molecule has 0 radical (unpaired) electrons. The second kappa shape index (κ2) is 8.62. The number of benzene rings is 2. The molecular formula is C24H27N3O2. The number of hydrogen-bond acceptors (Lipinski definition) is 3. The highest BCUT2D eigenvalue weighted by Crippen LogP contribution is 2.25. The lowest BCUT2D eigenvalue weighted by Crippen LogP contribution is -2.42. The molecule has 4 rings (SSSR count). The molecule has 1 aromatic heterocycles. The number of likely N-dealkylation sites (tertiary alicyclic amines) is 1. The molecule has 0 saturated carbocycles. The van der Waals surface area contributed by atoms with Crippen LogP contribution in [0.3, 0.4) is 0 Å². The van der Waals surface area contributed by atoms with Gasteiger partial charge in [-0.2, -0.15) is 5.10 Å². The van der Waals surface area contributed by atoms with Gasteiger partial charge in [-0.15, -0.1) is 0 Å². The maximum Gasteiger partial charge on any atom is 0.272 e. The minimum absolute atomic E-state index is 0.0122. The molecule has 1 saturated heterocycles. The summed E-state index contributed by atoms with van der Waals surface area (Å²) in [5, 5.41) is 15.1. The van der Waals surface area contributed by atoms with Crippen LogP contribution in [0, 0.1) is 5.92 Å². The number of rotatable bonds is 5. The third-order valence-electron chi connectivity index (χ3n) is 5.83. The molecular weight excluding hydrogens is 362 g/mol. The number of amides is 1. The van der Waals surface area contributed by atoms with Crippen molar-refractivity contribution in [2.45, 2.75) is 25.4 Å². The predicted octanol–water partition coefficient (Wildman–Crippen LogP) is 3.54. The summed E-state index contributed by atoms with van der Waals surface area (Å²) in [5.74, 6) is 0.240. The van der Waals surface area contributed by atoms with Crippen molar-refractivity contribution in [2.24, 2.45) is 13.0 Å². The second-order valence-corrected chi connectivity index (χ2v) is 7.79. The van der Waals surface area contributed by atoms with Gasteiger partial charge in [-0.1, -0.05) is 60.7 Å². The van der Waals surface area contributed by atoms with Crippen LogP contribution in [0.4, 0.5) is 0 Å². The van der Waals surface area contributed by atoms with Crippen molar-refractivity contribution in [1.82, 2.24) is 14.7 Å². The van der Waals surface area contributed by atoms with Gasteiger partial charge < -0.3 is 10.0 Å². The fourth-order valence-electron chi connectivity index (χ4n) is 4.09. The third kappa shape index (κ3) is 4.40. The Morgan fingerprint density at radius 2 is 1.69 bits per heavy atom. The number of nitrogens with zero attached hydrogens (tertiary/aromatic N) is 3. The van der Waals surface area contributed by atoms with Gasteiger partial charge in [0.25, 0.3) is 5.91 Å². The summed E-state index contributed by atoms with van der Waals surface area (Å²) < 4.78 is 1.67. The molecule has 1 fully saturated rings. The van der Waals surface area contributed by atoms with Crippen LogP contribution in [0.1, 0.15) is 28.9 Å². The molecule has 1 N–H and O–H groups in total. The molecule has 2 heterocycles. The lowest BCUT2D eigenvalue weighted by atomic mass is 9.88. The number of aliphatic hydroxyl groups is 1. The highest BCUT2D eigenvalue weighted by molar-refractivity contribution is 5.93. The molecule has 0 spiro atoms. The van der Waals surface area contributed by atoms with E-state index in [4.69, 9.17) is 0 Å². The van der Waals surface area contributed by atoms with Crippen LogP contribution in [-0.4, -0.2) is 44.9 Å². The maximum atomic E-state index is 13.0. The van der Waals surface area contributed by atoms with E-state index in [2.05, 4.69) is 17.2 Å². The molecule has 150 valence electrons. The number of carbonyl (C=O) groups is 1. The number of aliphatic hydroxyl groups excluding tert-OH is 1. The van der Waals surface area contributed by atoms with Crippen LogP contribution in [0.15, 0.2) is 66.7 Å². The number of hydrogen-bond donors (Lipinski definition) is 1. The largest absolute Gasteiger partial charge is 0.392 e. The minimum atomic E-state index is -0.365. The number of aryl methyl sites for hydroxylation is 1. The summed E-state index contributed by atoms with van der Waals surface area (Å²) >= 11 is 0. The van der Waals surface area contributed by atoms with Crippen LogP contribution in [0.2, 0.25) is 0 Å². The minimum Gasteiger partial charge on any atom is -0.392 e. The van der Waals surface area contributed by atoms with Crippen molar-refractivity contribution < 1.29 is 9.90 Å². The highest BCUT2D eigenvalue weighted by atomic mass is 16.3. The summed E-state index contributed by atoms with van der Waals surface area (Å²) in [6.45, 7) is 1.34. The summed E-state index contributed by atoms with van der Waals surface area (Å²) in [6, 6.07) is 21.9. The van der Waals surface area contributed by atoms with Gasteiger partial charge in [0.1, 0.15) is 5.69 Å². The first kappa shape index (κ1) is 19.4. The van der Waals surface area contributed by atoms with E-state index < -0.39 is 0 Å². The topological polar surface area (TPSA) is 58.4 Å². The average molecular weight is 389 g/mol. The Morgan fingerprint density at radius 1 is 1.07 bits per heavy atom. The van der Waals surface area contributed by atoms with Crippen molar-refractivity contribution >= 4 is 5.91 Å². The van der Waals surface area contributed by atoms with Crippen LogP contribution in [0.5, 0.6) is 0 Å². The number of piperidine rings is 1. The zero-order chi connectivity index (χ0) is 20.2. The highest BCUT2D eigenvalue weighted by Gasteiger charge is 2.29. The molecule has 1 atom stereocenters. The first-order valence-corrected chi connectivity index (χ1v) is 10.2. The third-order valence-corrected chi connectivity index (χ3v) is 5.83. The summed E-state index contributed by atoms with van der Waals surface area (Å²) in [5.41, 5.74) is 3.57. The first-order chi connectivity index (χ1) is 14.1. The molecule has 0 bridgehead atoms. The summed E-state index contributed by atoms with van der Waals surface area (Å²) in [7, 11) is 1.82. The number of carbonyl (C=O) groups excluding carboxylic acids is 1. The zero-order valence-electron chi connectivity index (χ0n) is 16.7. The Labute approximate surface area is 171 Å². The molecule has 2 aromatic carbocycles. The molecule has 5 nitrogen and oxygen atoms in total. The SMILES string of the molecule is Cn1nc(-c2ccccc2)cc1C(=O)N1CCC([C@@H](O)Cc2ccccc2)CC1. The van der Waals surface area contributed by atoms with Gasteiger partial charge in [0, 0.05) is 25.7 Å². The Hall–Kier alpha value is -2.92. The molecule has 0 unspecified atom stereocenters. The second-order valence-electron chi connectivity index (χ2n) is 7.79. The Bertz CT molecular complexity index is 945. The lowest BCUT2D eigenvalue weighted by Gasteiger charge is -2.34. The normalized spacial score (nSPS) is 16.0. The van der Waals surface area contributed by atoms with Crippen LogP contribution in [-0.2, 0) is 13.5 Å². The van der Waals surface area contributed by atoms with E-state index in [0.717, 1.165) is 29.7 Å². The molecule has 1 aliphatic heterocycles. The zero-order valence-corrected chi connectivity index (χ0v) is 16.7. The average Bonchev–Trinajstić information content (AvgIpc) is 3.16. The van der Waals surface area contributed by atoms with Gasteiger partial charge in [0.2, 0.25) is 0 Å². The van der Waals surface area contributed by atoms with E-state index in [9.17, 15) is 9.90 Å². The van der Waals surface area contributed by atoms with Gasteiger partial charge >= 0.3 is 0 Å². The van der Waals surface area contributed by atoms with E-state index in [1.165, 1.54) is 0 Å². The molecule has 29 heavy (non-hydrogen) atoms. The monoisotopic (exact) mass is 389 g/mol. The van der Waals surface area contributed by atoms with Crippen molar-refractivity contribution in [3.05, 3.63) is 78.0 Å². The predicted molar refractivity (Wildman–Crippen MR) is 113 cm³/mol. The van der Waals surface area contributed by atoms with Crippen LogP contribution < -0.4 is 0 Å².